The largest absolute Gasteiger partial charge is 0.341 e. The van der Waals surface area contributed by atoms with E-state index in [1.54, 1.807) is 10.9 Å². The molecule has 0 fully saturated rings. The quantitative estimate of drug-likeness (QED) is 0.337. The second-order valence-electron chi connectivity index (χ2n) is 6.05. The SMILES string of the molecule is O=S(=O)(c1ccc(CSc2ncnc3c2cnn3-c2ccccc2)cc1)C(F)F. The highest BCUT2D eigenvalue weighted by molar-refractivity contribution is 7.98. The Hall–Kier alpha value is -2.85. The Balaban J connectivity index is 1.56. The molecule has 0 aliphatic carbocycles. The molecular formula is C19H14F2N4O2S2. The smallest absolute Gasteiger partial charge is 0.229 e. The van der Waals surface area contributed by atoms with E-state index in [0.29, 0.717) is 11.4 Å². The van der Waals surface area contributed by atoms with Gasteiger partial charge in [0.1, 0.15) is 11.4 Å². The molecule has 0 unspecified atom stereocenters. The van der Waals surface area contributed by atoms with Crippen LogP contribution in [0.3, 0.4) is 0 Å². The maximum atomic E-state index is 12.6. The molecule has 4 rings (SSSR count). The normalized spacial score (nSPS) is 12.0. The summed E-state index contributed by atoms with van der Waals surface area (Å²) < 4.78 is 50.0. The van der Waals surface area contributed by atoms with Crippen LogP contribution in [-0.2, 0) is 15.6 Å². The summed E-state index contributed by atoms with van der Waals surface area (Å²) in [5.74, 6) is -2.95. The van der Waals surface area contributed by atoms with Crippen molar-refractivity contribution in [2.45, 2.75) is 21.4 Å². The van der Waals surface area contributed by atoms with Crippen LogP contribution in [0.5, 0.6) is 0 Å². The molecule has 0 saturated heterocycles. The van der Waals surface area contributed by atoms with Gasteiger partial charge in [0.25, 0.3) is 0 Å². The third-order valence-electron chi connectivity index (χ3n) is 4.19. The van der Waals surface area contributed by atoms with Gasteiger partial charge in [0.15, 0.2) is 5.65 Å². The van der Waals surface area contributed by atoms with Crippen molar-refractivity contribution in [1.29, 1.82) is 0 Å². The molecule has 29 heavy (non-hydrogen) atoms. The maximum Gasteiger partial charge on any atom is 0.341 e. The Kier molecular flexibility index (Phi) is 5.29. The van der Waals surface area contributed by atoms with E-state index >= 15 is 0 Å². The van der Waals surface area contributed by atoms with Crippen LogP contribution in [0.15, 0.2) is 77.0 Å². The number of para-hydroxylation sites is 1. The molecule has 0 aliphatic rings. The molecule has 0 saturated carbocycles. The summed E-state index contributed by atoms with van der Waals surface area (Å²) in [6.07, 6.45) is 3.16. The number of fused-ring (bicyclic) bond motifs is 1. The first kappa shape index (κ1) is 19.5. The molecule has 2 aromatic heterocycles. The van der Waals surface area contributed by atoms with Crippen molar-refractivity contribution in [3.63, 3.8) is 0 Å². The predicted octanol–water partition coefficient (Wildman–Crippen LogP) is 4.10. The van der Waals surface area contributed by atoms with E-state index in [2.05, 4.69) is 15.1 Å². The van der Waals surface area contributed by atoms with Crippen molar-refractivity contribution in [1.82, 2.24) is 19.7 Å². The first-order valence-corrected chi connectivity index (χ1v) is 11.0. The number of halogens is 2. The number of aromatic nitrogens is 4. The lowest BCUT2D eigenvalue weighted by Gasteiger charge is -2.06. The molecule has 2 aromatic carbocycles. The fraction of sp³-hybridized carbons (Fsp3) is 0.105. The number of benzene rings is 2. The highest BCUT2D eigenvalue weighted by Gasteiger charge is 2.26. The number of alkyl halides is 2. The van der Waals surface area contributed by atoms with E-state index in [1.165, 1.54) is 42.4 Å². The lowest BCUT2D eigenvalue weighted by atomic mass is 10.2. The van der Waals surface area contributed by atoms with Crippen LogP contribution in [0.25, 0.3) is 16.7 Å². The fourth-order valence-corrected chi connectivity index (χ4v) is 4.36. The average molecular weight is 432 g/mol. The maximum absolute atomic E-state index is 12.6. The molecule has 2 heterocycles. The predicted molar refractivity (Wildman–Crippen MR) is 106 cm³/mol. The molecular weight excluding hydrogens is 418 g/mol. The van der Waals surface area contributed by atoms with Crippen molar-refractivity contribution in [2.24, 2.45) is 0 Å². The highest BCUT2D eigenvalue weighted by atomic mass is 32.2. The van der Waals surface area contributed by atoms with E-state index in [9.17, 15) is 17.2 Å². The minimum absolute atomic E-state index is 0.394. The third kappa shape index (κ3) is 3.85. The molecule has 0 radical (unpaired) electrons. The summed E-state index contributed by atoms with van der Waals surface area (Å²) in [6, 6.07) is 15.0. The van der Waals surface area contributed by atoms with Crippen molar-refractivity contribution in [2.75, 3.05) is 0 Å². The molecule has 4 aromatic rings. The topological polar surface area (TPSA) is 77.7 Å². The van der Waals surface area contributed by atoms with Gasteiger partial charge in [-0.1, -0.05) is 30.3 Å². The second-order valence-corrected chi connectivity index (χ2v) is 8.93. The van der Waals surface area contributed by atoms with Gasteiger partial charge in [-0.05, 0) is 29.8 Å². The number of nitrogens with zero attached hydrogens (tertiary/aromatic N) is 4. The fourth-order valence-electron chi connectivity index (χ4n) is 2.73. The zero-order valence-corrected chi connectivity index (χ0v) is 16.4. The summed E-state index contributed by atoms with van der Waals surface area (Å²) in [5, 5.41) is 5.91. The first-order valence-electron chi connectivity index (χ1n) is 8.45. The van der Waals surface area contributed by atoms with Crippen LogP contribution in [0, 0.1) is 0 Å². The average Bonchev–Trinajstić information content (AvgIpc) is 3.18. The Labute approximate surface area is 169 Å². The number of thioether (sulfide) groups is 1. The molecule has 0 atom stereocenters. The summed E-state index contributed by atoms with van der Waals surface area (Å²) in [5.41, 5.74) is 2.34. The summed E-state index contributed by atoms with van der Waals surface area (Å²) in [4.78, 5) is 8.25. The van der Waals surface area contributed by atoms with Gasteiger partial charge in [-0.2, -0.15) is 13.9 Å². The standard InChI is InChI=1S/C19H14F2N4O2S2/c20-19(21)29(26,27)15-8-6-13(7-9-15)11-28-18-16-10-24-25(17(16)22-12-23-18)14-4-2-1-3-5-14/h1-10,12,19H,11H2. The Morgan fingerprint density at radius 1 is 1.00 bits per heavy atom. The van der Waals surface area contributed by atoms with Crippen molar-refractivity contribution in [3.05, 3.63) is 72.7 Å². The molecule has 0 spiro atoms. The Morgan fingerprint density at radius 2 is 1.72 bits per heavy atom. The van der Waals surface area contributed by atoms with Crippen LogP contribution in [0.2, 0.25) is 0 Å². The summed E-state index contributed by atoms with van der Waals surface area (Å²) >= 11 is 1.43. The van der Waals surface area contributed by atoms with Crippen molar-refractivity contribution < 1.29 is 17.2 Å². The van der Waals surface area contributed by atoms with Gasteiger partial charge in [0.05, 0.1) is 22.2 Å². The van der Waals surface area contributed by atoms with Gasteiger partial charge >= 0.3 is 5.76 Å². The van der Waals surface area contributed by atoms with Crippen LogP contribution < -0.4 is 0 Å². The summed E-state index contributed by atoms with van der Waals surface area (Å²) in [7, 11) is -4.58. The molecule has 10 heteroatoms. The van der Waals surface area contributed by atoms with Gasteiger partial charge < -0.3 is 0 Å². The lowest BCUT2D eigenvalue weighted by Crippen LogP contribution is -2.11. The first-order chi connectivity index (χ1) is 14.0. The van der Waals surface area contributed by atoms with Gasteiger partial charge in [-0.15, -0.1) is 11.8 Å². The van der Waals surface area contributed by atoms with Crippen molar-refractivity contribution in [3.8, 4) is 5.69 Å². The number of rotatable bonds is 6. The van der Waals surface area contributed by atoms with E-state index in [1.807, 2.05) is 30.3 Å². The monoisotopic (exact) mass is 432 g/mol. The molecule has 148 valence electrons. The lowest BCUT2D eigenvalue weighted by molar-refractivity contribution is 0.234. The van der Waals surface area contributed by atoms with Crippen LogP contribution in [-0.4, -0.2) is 33.9 Å². The Bertz CT molecular complexity index is 1240. The Morgan fingerprint density at radius 3 is 2.41 bits per heavy atom. The van der Waals surface area contributed by atoms with Gasteiger partial charge in [-0.3, -0.25) is 0 Å². The van der Waals surface area contributed by atoms with E-state index in [4.69, 9.17) is 0 Å². The zero-order valence-electron chi connectivity index (χ0n) is 14.8. The molecule has 0 N–H and O–H groups in total. The second kappa shape index (κ2) is 7.88. The molecule has 0 aliphatic heterocycles. The number of hydrogen-bond donors (Lipinski definition) is 0. The number of hydrogen-bond acceptors (Lipinski definition) is 6. The van der Waals surface area contributed by atoms with E-state index in [-0.39, 0.29) is 0 Å². The zero-order chi connectivity index (χ0) is 20.4. The van der Waals surface area contributed by atoms with Gasteiger partial charge in [0.2, 0.25) is 9.84 Å². The minimum atomic E-state index is -4.58. The molecule has 6 nitrogen and oxygen atoms in total. The summed E-state index contributed by atoms with van der Waals surface area (Å²) in [6.45, 7) is 0. The van der Waals surface area contributed by atoms with Gasteiger partial charge in [-0.25, -0.2) is 23.1 Å². The van der Waals surface area contributed by atoms with E-state index < -0.39 is 20.5 Å². The third-order valence-corrected chi connectivity index (χ3v) is 6.67. The van der Waals surface area contributed by atoms with Crippen LogP contribution >= 0.6 is 11.8 Å². The van der Waals surface area contributed by atoms with Gasteiger partial charge in [0, 0.05) is 5.75 Å². The van der Waals surface area contributed by atoms with E-state index in [0.717, 1.165) is 21.7 Å². The highest BCUT2D eigenvalue weighted by Crippen LogP contribution is 2.29. The van der Waals surface area contributed by atoms with Crippen LogP contribution in [0.4, 0.5) is 8.78 Å². The molecule has 0 amide bonds. The van der Waals surface area contributed by atoms with Crippen molar-refractivity contribution >= 4 is 32.6 Å². The number of sulfone groups is 1. The minimum Gasteiger partial charge on any atom is -0.229 e. The van der Waals surface area contributed by atoms with Crippen LogP contribution in [0.1, 0.15) is 5.56 Å². The molecule has 0 bridgehead atoms.